The summed E-state index contributed by atoms with van der Waals surface area (Å²) in [5.41, 5.74) is 0.347. The maximum Gasteiger partial charge on any atom is 0.329 e. The molecule has 0 radical (unpaired) electrons. The molecule has 1 heterocycles. The second-order valence-corrected chi connectivity index (χ2v) is 7.09. The van der Waals surface area contributed by atoms with E-state index in [1.807, 2.05) is 26.8 Å². The van der Waals surface area contributed by atoms with Gasteiger partial charge < -0.3 is 4.74 Å². The van der Waals surface area contributed by atoms with Crippen LogP contribution in [-0.2, 0) is 5.41 Å². The Morgan fingerprint density at radius 3 is 2.70 bits per heavy atom. The van der Waals surface area contributed by atoms with E-state index in [0.717, 1.165) is 11.3 Å². The van der Waals surface area contributed by atoms with Crippen molar-refractivity contribution in [2.45, 2.75) is 26.2 Å². The first-order valence-electron chi connectivity index (χ1n) is 6.69. The number of halogens is 1. The summed E-state index contributed by atoms with van der Waals surface area (Å²) in [6, 6.07) is 4.93. The Morgan fingerprint density at radius 1 is 1.48 bits per heavy atom. The molecule has 0 spiro atoms. The molecule has 0 aliphatic carbocycles. The molecule has 0 amide bonds. The van der Waals surface area contributed by atoms with Gasteiger partial charge in [-0.3, -0.25) is 4.79 Å². The van der Waals surface area contributed by atoms with Gasteiger partial charge in [0.25, 0.3) is 0 Å². The third-order valence-corrected chi connectivity index (χ3v) is 4.44. The Morgan fingerprint density at radius 2 is 2.17 bits per heavy atom. The van der Waals surface area contributed by atoms with Crippen LogP contribution >= 0.6 is 22.9 Å². The molecule has 0 aliphatic heterocycles. The summed E-state index contributed by atoms with van der Waals surface area (Å²) < 4.78 is 6.57. The van der Waals surface area contributed by atoms with E-state index >= 15 is 0 Å². The van der Waals surface area contributed by atoms with Crippen LogP contribution in [0.5, 0.6) is 5.75 Å². The molecule has 0 unspecified atom stereocenters. The van der Waals surface area contributed by atoms with E-state index in [9.17, 15) is 4.79 Å². The zero-order valence-electron chi connectivity index (χ0n) is 12.9. The molecule has 2 rings (SSSR count). The fourth-order valence-electron chi connectivity index (χ4n) is 1.76. The Balaban J connectivity index is 2.61. The maximum absolute atomic E-state index is 12.2. The molecule has 0 fully saturated rings. The van der Waals surface area contributed by atoms with Crippen LogP contribution in [0.25, 0.3) is 5.69 Å². The minimum absolute atomic E-state index is 0.00889. The van der Waals surface area contributed by atoms with E-state index < -0.39 is 0 Å². The van der Waals surface area contributed by atoms with Crippen LogP contribution in [0.3, 0.4) is 0 Å². The lowest BCUT2D eigenvalue weighted by molar-refractivity contribution is 0.369. The number of nitriles is 1. The second kappa shape index (κ2) is 6.45. The highest BCUT2D eigenvalue weighted by molar-refractivity contribution is 7.09. The van der Waals surface area contributed by atoms with Gasteiger partial charge in [0.15, 0.2) is 0 Å². The highest BCUT2D eigenvalue weighted by atomic mass is 35.5. The topological polar surface area (TPSA) is 67.9 Å². The van der Waals surface area contributed by atoms with Crippen molar-refractivity contribution in [3.8, 4) is 29.8 Å². The van der Waals surface area contributed by atoms with E-state index in [0.29, 0.717) is 10.7 Å². The smallest absolute Gasteiger partial charge is 0.329 e. The molecule has 0 N–H and O–H groups in total. The van der Waals surface area contributed by atoms with Gasteiger partial charge in [-0.25, -0.2) is 0 Å². The number of terminal acetylenes is 1. The number of rotatable bonds is 3. The highest BCUT2D eigenvalue weighted by Gasteiger charge is 2.22. The zero-order chi connectivity index (χ0) is 17.2. The Kier molecular flexibility index (Phi) is 4.79. The summed E-state index contributed by atoms with van der Waals surface area (Å²) in [6.45, 7) is 5.92. The van der Waals surface area contributed by atoms with Gasteiger partial charge in [-0.2, -0.15) is 15.0 Å². The molecule has 23 heavy (non-hydrogen) atoms. The summed E-state index contributed by atoms with van der Waals surface area (Å²) in [4.78, 5) is 12.0. The normalized spacial score (nSPS) is 10.9. The van der Waals surface area contributed by atoms with Crippen molar-refractivity contribution in [2.75, 3.05) is 6.61 Å². The molecular formula is C16H14ClN3O2S. The van der Waals surface area contributed by atoms with Crippen LogP contribution in [0.1, 0.15) is 31.3 Å². The predicted molar refractivity (Wildman–Crippen MR) is 90.5 cm³/mol. The fraction of sp³-hybridized carbons (Fsp3) is 0.312. The molecule has 5 nitrogen and oxygen atoms in total. The van der Waals surface area contributed by atoms with Gasteiger partial charge in [-0.15, -0.1) is 6.42 Å². The lowest BCUT2D eigenvalue weighted by Crippen LogP contribution is -2.15. The summed E-state index contributed by atoms with van der Waals surface area (Å²) in [5.74, 6) is 2.60. The third-order valence-electron chi connectivity index (χ3n) is 2.90. The minimum Gasteiger partial charge on any atom is -0.479 e. The first-order chi connectivity index (χ1) is 10.8. The maximum atomic E-state index is 12.2. The van der Waals surface area contributed by atoms with E-state index in [2.05, 4.69) is 11.0 Å². The number of hydrogen-bond donors (Lipinski definition) is 0. The monoisotopic (exact) mass is 347 g/mol. The average Bonchev–Trinajstić information content (AvgIpc) is 2.87. The number of benzene rings is 1. The van der Waals surface area contributed by atoms with Gasteiger partial charge in [0.1, 0.15) is 23.4 Å². The summed E-state index contributed by atoms with van der Waals surface area (Å²) in [6.07, 6.45) is 5.17. The van der Waals surface area contributed by atoms with Gasteiger partial charge in [0.2, 0.25) is 0 Å². The van der Waals surface area contributed by atoms with Crippen molar-refractivity contribution in [3.05, 3.63) is 37.4 Å². The quantitative estimate of drug-likeness (QED) is 0.800. The number of nitrogens with zero attached hydrogens (tertiary/aromatic N) is 3. The Bertz CT molecular complexity index is 879. The van der Waals surface area contributed by atoms with Crippen molar-refractivity contribution >= 4 is 22.9 Å². The van der Waals surface area contributed by atoms with Crippen LogP contribution in [0.2, 0.25) is 5.02 Å². The van der Waals surface area contributed by atoms with E-state index in [1.165, 1.54) is 16.8 Å². The first kappa shape index (κ1) is 17.1. The molecular weight excluding hydrogens is 334 g/mol. The molecule has 0 saturated heterocycles. The second-order valence-electron chi connectivity index (χ2n) is 5.74. The van der Waals surface area contributed by atoms with Crippen molar-refractivity contribution < 1.29 is 4.74 Å². The van der Waals surface area contributed by atoms with Crippen LogP contribution < -0.4 is 9.61 Å². The molecule has 118 valence electrons. The first-order valence-corrected chi connectivity index (χ1v) is 7.88. The van der Waals surface area contributed by atoms with Crippen LogP contribution in [0, 0.1) is 23.7 Å². The summed E-state index contributed by atoms with van der Waals surface area (Å²) in [7, 11) is 0. The van der Waals surface area contributed by atoms with Gasteiger partial charge in [-0.1, -0.05) is 49.6 Å². The number of hydrogen-bond acceptors (Lipinski definition) is 5. The van der Waals surface area contributed by atoms with E-state index in [1.54, 1.807) is 0 Å². The van der Waals surface area contributed by atoms with Crippen molar-refractivity contribution in [1.29, 1.82) is 5.26 Å². The molecule has 7 heteroatoms. The third kappa shape index (κ3) is 3.56. The molecule has 0 saturated carbocycles. The Labute approximate surface area is 143 Å². The molecule has 0 bridgehead atoms. The molecule has 1 aromatic carbocycles. The summed E-state index contributed by atoms with van der Waals surface area (Å²) >= 11 is 7.26. The van der Waals surface area contributed by atoms with Crippen molar-refractivity contribution in [2.24, 2.45) is 0 Å². The van der Waals surface area contributed by atoms with Gasteiger partial charge in [0.05, 0.1) is 16.3 Å². The van der Waals surface area contributed by atoms with Crippen LogP contribution in [-0.4, -0.2) is 16.4 Å². The van der Waals surface area contributed by atoms with Crippen molar-refractivity contribution in [3.63, 3.8) is 0 Å². The van der Waals surface area contributed by atoms with Crippen LogP contribution in [0.4, 0.5) is 0 Å². The number of aromatic nitrogens is 2. The van der Waals surface area contributed by atoms with Gasteiger partial charge in [0, 0.05) is 11.5 Å². The Hall–Kier alpha value is -2.28. The fourth-order valence-corrected chi connectivity index (χ4v) is 2.83. The zero-order valence-corrected chi connectivity index (χ0v) is 14.5. The van der Waals surface area contributed by atoms with E-state index in [-0.39, 0.29) is 33.2 Å². The predicted octanol–water partition coefficient (Wildman–Crippen LogP) is 3.13. The van der Waals surface area contributed by atoms with Gasteiger partial charge in [-0.05, 0) is 6.07 Å². The SMILES string of the molecule is C#CCOc1cc(-n2nc(C(C)(C)C)sc2=O)c(Cl)cc1C#N. The molecule has 1 aromatic heterocycles. The average molecular weight is 348 g/mol. The highest BCUT2D eigenvalue weighted by Crippen LogP contribution is 2.30. The van der Waals surface area contributed by atoms with Crippen molar-refractivity contribution in [1.82, 2.24) is 9.78 Å². The summed E-state index contributed by atoms with van der Waals surface area (Å²) in [5, 5.41) is 14.4. The molecule has 2 aromatic rings. The largest absolute Gasteiger partial charge is 0.479 e. The number of ether oxygens (including phenoxy) is 1. The minimum atomic E-state index is -0.260. The molecule has 0 aliphatic rings. The lowest BCUT2D eigenvalue weighted by Gasteiger charge is -2.13. The van der Waals surface area contributed by atoms with E-state index in [4.69, 9.17) is 28.0 Å². The van der Waals surface area contributed by atoms with Gasteiger partial charge >= 0.3 is 4.87 Å². The molecule has 0 atom stereocenters. The lowest BCUT2D eigenvalue weighted by atomic mass is 9.98. The standard InChI is InChI=1S/C16H14ClN3O2S/c1-5-6-22-13-8-12(11(17)7-10(13)9-18)20-15(21)23-14(19-20)16(2,3)4/h1,7-8H,6H2,2-4H3. The van der Waals surface area contributed by atoms with Crippen LogP contribution in [0.15, 0.2) is 16.9 Å².